The minimum Gasteiger partial charge on any atom is -0.409 e. The molecule has 19 heavy (non-hydrogen) atoms. The molecule has 7 nitrogen and oxygen atoms in total. The fourth-order valence-electron chi connectivity index (χ4n) is 1.43. The fourth-order valence-corrected chi connectivity index (χ4v) is 2.38. The van der Waals surface area contributed by atoms with E-state index in [1.54, 1.807) is 19.2 Å². The SMILES string of the molecule is Cc1cc(=O)[nH]c(Sc2cnccc2/C(N)=N/O)n1. The van der Waals surface area contributed by atoms with Crippen LogP contribution in [0.25, 0.3) is 0 Å². The smallest absolute Gasteiger partial charge is 0.251 e. The maximum Gasteiger partial charge on any atom is 0.251 e. The van der Waals surface area contributed by atoms with Crippen molar-refractivity contribution in [2.45, 2.75) is 17.0 Å². The van der Waals surface area contributed by atoms with Crippen molar-refractivity contribution in [2.75, 3.05) is 0 Å². The lowest BCUT2D eigenvalue weighted by atomic mass is 10.2. The van der Waals surface area contributed by atoms with Crippen LogP contribution in [0.15, 0.2) is 44.5 Å². The molecule has 0 unspecified atom stereocenters. The summed E-state index contributed by atoms with van der Waals surface area (Å²) in [6.07, 6.45) is 3.09. The molecule has 0 aromatic carbocycles. The topological polar surface area (TPSA) is 117 Å². The molecule has 2 aromatic heterocycles. The molecule has 0 spiro atoms. The monoisotopic (exact) mass is 277 g/mol. The van der Waals surface area contributed by atoms with Gasteiger partial charge in [0.05, 0.1) is 0 Å². The number of H-pyrrole nitrogens is 1. The van der Waals surface area contributed by atoms with Crippen LogP contribution in [-0.2, 0) is 0 Å². The van der Waals surface area contributed by atoms with E-state index >= 15 is 0 Å². The first-order valence-corrected chi connectivity index (χ1v) is 6.09. The first kappa shape index (κ1) is 13.1. The highest BCUT2D eigenvalue weighted by Gasteiger charge is 2.10. The van der Waals surface area contributed by atoms with Gasteiger partial charge in [0.2, 0.25) is 0 Å². The van der Waals surface area contributed by atoms with Crippen molar-refractivity contribution < 1.29 is 5.21 Å². The highest BCUT2D eigenvalue weighted by molar-refractivity contribution is 7.99. The van der Waals surface area contributed by atoms with Gasteiger partial charge in [-0.2, -0.15) is 0 Å². The molecule has 0 saturated heterocycles. The normalized spacial score (nSPS) is 11.5. The van der Waals surface area contributed by atoms with Gasteiger partial charge in [-0.15, -0.1) is 0 Å². The summed E-state index contributed by atoms with van der Waals surface area (Å²) >= 11 is 1.19. The summed E-state index contributed by atoms with van der Waals surface area (Å²) in [5, 5.41) is 12.1. The number of amidine groups is 1. The van der Waals surface area contributed by atoms with Crippen LogP contribution in [0.2, 0.25) is 0 Å². The van der Waals surface area contributed by atoms with Gasteiger partial charge in [0, 0.05) is 34.6 Å². The summed E-state index contributed by atoms with van der Waals surface area (Å²) in [6.45, 7) is 1.73. The minimum atomic E-state index is -0.232. The first-order chi connectivity index (χ1) is 9.10. The van der Waals surface area contributed by atoms with Crippen molar-refractivity contribution >= 4 is 17.6 Å². The number of oxime groups is 1. The average Bonchev–Trinajstić information content (AvgIpc) is 2.37. The van der Waals surface area contributed by atoms with Crippen molar-refractivity contribution in [3.63, 3.8) is 0 Å². The second-order valence-electron chi connectivity index (χ2n) is 3.65. The molecule has 8 heteroatoms. The van der Waals surface area contributed by atoms with Crippen LogP contribution in [0.4, 0.5) is 0 Å². The van der Waals surface area contributed by atoms with E-state index < -0.39 is 0 Å². The average molecular weight is 277 g/mol. The zero-order valence-electron chi connectivity index (χ0n) is 9.99. The standard InChI is InChI=1S/C11H11N5O2S/c1-6-4-9(17)15-11(14-6)19-8-5-13-3-2-7(8)10(12)16-18/h2-5,18H,1H3,(H2,12,16)(H,14,15,17). The van der Waals surface area contributed by atoms with Crippen molar-refractivity contribution in [1.29, 1.82) is 0 Å². The highest BCUT2D eigenvalue weighted by Crippen LogP contribution is 2.26. The van der Waals surface area contributed by atoms with Gasteiger partial charge in [0.1, 0.15) is 0 Å². The van der Waals surface area contributed by atoms with Crippen LogP contribution < -0.4 is 11.3 Å². The number of nitrogens with one attached hydrogen (secondary N) is 1. The Balaban J connectivity index is 2.41. The van der Waals surface area contributed by atoms with E-state index in [9.17, 15) is 4.79 Å². The fraction of sp³-hybridized carbons (Fsp3) is 0.0909. The van der Waals surface area contributed by atoms with Crippen molar-refractivity contribution in [1.82, 2.24) is 15.0 Å². The molecular formula is C11H11N5O2S. The maximum absolute atomic E-state index is 11.4. The second kappa shape index (κ2) is 5.53. The number of aromatic amines is 1. The molecular weight excluding hydrogens is 266 g/mol. The third kappa shape index (κ3) is 3.10. The zero-order chi connectivity index (χ0) is 13.8. The summed E-state index contributed by atoms with van der Waals surface area (Å²) in [6, 6.07) is 3.02. The van der Waals surface area contributed by atoms with Crippen molar-refractivity contribution in [3.05, 3.63) is 46.1 Å². The lowest BCUT2D eigenvalue weighted by Gasteiger charge is -2.06. The van der Waals surface area contributed by atoms with Gasteiger partial charge >= 0.3 is 0 Å². The van der Waals surface area contributed by atoms with Crippen molar-refractivity contribution in [3.8, 4) is 0 Å². The quantitative estimate of drug-likeness (QED) is 0.250. The third-order valence-electron chi connectivity index (χ3n) is 2.22. The molecule has 0 bridgehead atoms. The minimum absolute atomic E-state index is 0.0279. The third-order valence-corrected chi connectivity index (χ3v) is 3.15. The van der Waals surface area contributed by atoms with Gasteiger partial charge in [0.15, 0.2) is 11.0 Å². The van der Waals surface area contributed by atoms with Crippen LogP contribution >= 0.6 is 11.8 Å². The summed E-state index contributed by atoms with van der Waals surface area (Å²) < 4.78 is 0. The predicted molar refractivity (Wildman–Crippen MR) is 70.5 cm³/mol. The van der Waals surface area contributed by atoms with E-state index in [-0.39, 0.29) is 11.4 Å². The Bertz CT molecular complexity index is 683. The van der Waals surface area contributed by atoms with Crippen LogP contribution in [0.5, 0.6) is 0 Å². The van der Waals surface area contributed by atoms with Gasteiger partial charge in [-0.1, -0.05) is 5.16 Å². The molecule has 0 radical (unpaired) electrons. The van der Waals surface area contributed by atoms with Crippen LogP contribution in [-0.4, -0.2) is 26.0 Å². The van der Waals surface area contributed by atoms with Gasteiger partial charge < -0.3 is 15.9 Å². The number of nitrogens with two attached hydrogens (primary N) is 1. The molecule has 0 atom stereocenters. The van der Waals surface area contributed by atoms with Crippen molar-refractivity contribution in [2.24, 2.45) is 10.9 Å². The molecule has 2 aromatic rings. The molecule has 2 heterocycles. The lowest BCUT2D eigenvalue weighted by Crippen LogP contribution is -2.14. The summed E-state index contributed by atoms with van der Waals surface area (Å²) in [5.41, 5.74) is 6.47. The molecule has 4 N–H and O–H groups in total. The van der Waals surface area contributed by atoms with Gasteiger partial charge in [-0.25, -0.2) is 4.98 Å². The summed E-state index contributed by atoms with van der Waals surface area (Å²) in [4.78, 5) is 22.8. The van der Waals surface area contributed by atoms with E-state index in [0.717, 1.165) is 0 Å². The molecule has 0 aliphatic rings. The van der Waals surface area contributed by atoms with Crippen LogP contribution in [0.3, 0.4) is 0 Å². The number of aryl methyl sites for hydroxylation is 1. The number of hydrogen-bond donors (Lipinski definition) is 3. The van der Waals surface area contributed by atoms with E-state index in [2.05, 4.69) is 20.1 Å². The number of rotatable bonds is 3. The second-order valence-corrected chi connectivity index (χ2v) is 4.68. The number of pyridine rings is 1. The number of nitrogens with zero attached hydrogens (tertiary/aromatic N) is 3. The number of hydrogen-bond acceptors (Lipinski definition) is 6. The largest absolute Gasteiger partial charge is 0.409 e. The molecule has 0 amide bonds. The lowest BCUT2D eigenvalue weighted by molar-refractivity contribution is 0.318. The molecule has 0 saturated carbocycles. The van der Waals surface area contributed by atoms with E-state index in [1.807, 2.05) is 0 Å². The molecule has 2 rings (SSSR count). The van der Waals surface area contributed by atoms with Crippen LogP contribution in [0.1, 0.15) is 11.3 Å². The zero-order valence-corrected chi connectivity index (χ0v) is 10.8. The van der Waals surface area contributed by atoms with E-state index in [1.165, 1.54) is 24.0 Å². The van der Waals surface area contributed by atoms with Gasteiger partial charge in [-0.05, 0) is 24.8 Å². The highest BCUT2D eigenvalue weighted by atomic mass is 32.2. The van der Waals surface area contributed by atoms with E-state index in [4.69, 9.17) is 10.9 Å². The molecule has 0 aliphatic carbocycles. The molecule has 98 valence electrons. The summed E-state index contributed by atoms with van der Waals surface area (Å²) in [7, 11) is 0. The Hall–Kier alpha value is -2.35. The Morgan fingerprint density at radius 1 is 1.58 bits per heavy atom. The Kier molecular flexibility index (Phi) is 3.81. The van der Waals surface area contributed by atoms with Gasteiger partial charge in [0.25, 0.3) is 5.56 Å². The first-order valence-electron chi connectivity index (χ1n) is 5.28. The molecule has 0 fully saturated rings. The molecule has 0 aliphatic heterocycles. The Labute approximate surface area is 112 Å². The Morgan fingerprint density at radius 3 is 3.05 bits per heavy atom. The van der Waals surface area contributed by atoms with E-state index in [0.29, 0.717) is 21.3 Å². The predicted octanol–water partition coefficient (Wildman–Crippen LogP) is 0.719. The maximum atomic E-state index is 11.4. The van der Waals surface area contributed by atoms with Gasteiger partial charge in [-0.3, -0.25) is 9.78 Å². The number of aromatic nitrogens is 3. The van der Waals surface area contributed by atoms with Crippen LogP contribution in [0, 0.1) is 6.92 Å². The Morgan fingerprint density at radius 2 is 2.37 bits per heavy atom. The summed E-state index contributed by atoms with van der Waals surface area (Å²) in [5.74, 6) is -0.0279.